The van der Waals surface area contributed by atoms with Gasteiger partial charge in [0.15, 0.2) is 0 Å². The van der Waals surface area contributed by atoms with Crippen LogP contribution in [0.15, 0.2) is 48.5 Å². The van der Waals surface area contributed by atoms with Crippen molar-refractivity contribution in [3.63, 3.8) is 0 Å². The number of amides is 1. The lowest BCUT2D eigenvalue weighted by Crippen LogP contribution is -2.29. The Morgan fingerprint density at radius 3 is 2.70 bits per heavy atom. The number of benzene rings is 2. The summed E-state index contributed by atoms with van der Waals surface area (Å²) in [5.74, 6) is 1.24. The lowest BCUT2D eigenvalue weighted by Gasteiger charge is -2.18. The predicted octanol–water partition coefficient (Wildman–Crippen LogP) is 4.83. The molecule has 0 spiro atoms. The number of nitrogens with zero attached hydrogens (tertiary/aromatic N) is 2. The number of carbonyl (C=O) groups excluding carboxylic acids is 1. The van der Waals surface area contributed by atoms with Gasteiger partial charge >= 0.3 is 0 Å². The Morgan fingerprint density at radius 2 is 1.96 bits per heavy atom. The SMILES string of the molecule is COc1ccc(C2CCN(C(=O)c3cc4cc(Cl)ccc4nc3C)C2)cc1. The molecular formula is C22H21ClN2O2. The van der Waals surface area contributed by atoms with E-state index < -0.39 is 0 Å². The van der Waals surface area contributed by atoms with Crippen LogP contribution in [0.3, 0.4) is 0 Å². The molecule has 1 fully saturated rings. The number of rotatable bonds is 3. The second-order valence-electron chi connectivity index (χ2n) is 6.97. The number of aryl methyl sites for hydroxylation is 1. The van der Waals surface area contributed by atoms with Gasteiger partial charge in [-0.2, -0.15) is 0 Å². The number of likely N-dealkylation sites (tertiary alicyclic amines) is 1. The Labute approximate surface area is 163 Å². The third kappa shape index (κ3) is 3.50. The number of hydrogen-bond donors (Lipinski definition) is 0. The Balaban J connectivity index is 1.56. The van der Waals surface area contributed by atoms with Gasteiger partial charge < -0.3 is 9.64 Å². The van der Waals surface area contributed by atoms with E-state index in [1.54, 1.807) is 7.11 Å². The standard InChI is InChI=1S/C22H21ClN2O2/c1-14-20(12-17-11-18(23)5-8-21(17)24-14)22(26)25-10-9-16(13-25)15-3-6-19(27-2)7-4-15/h3-8,11-12,16H,9-10,13H2,1-2H3. The monoisotopic (exact) mass is 380 g/mol. The molecule has 138 valence electrons. The van der Waals surface area contributed by atoms with Gasteiger partial charge in [-0.15, -0.1) is 0 Å². The van der Waals surface area contributed by atoms with E-state index in [2.05, 4.69) is 17.1 Å². The average molecular weight is 381 g/mol. The number of methoxy groups -OCH3 is 1. The molecule has 1 aromatic heterocycles. The lowest BCUT2D eigenvalue weighted by atomic mass is 9.98. The zero-order valence-corrected chi connectivity index (χ0v) is 16.2. The fourth-order valence-electron chi connectivity index (χ4n) is 3.72. The molecule has 2 aromatic carbocycles. The second-order valence-corrected chi connectivity index (χ2v) is 7.40. The maximum atomic E-state index is 13.1. The van der Waals surface area contributed by atoms with Crippen molar-refractivity contribution in [2.45, 2.75) is 19.3 Å². The first kappa shape index (κ1) is 17.8. The van der Waals surface area contributed by atoms with Crippen molar-refractivity contribution < 1.29 is 9.53 Å². The van der Waals surface area contributed by atoms with E-state index >= 15 is 0 Å². The van der Waals surface area contributed by atoms with E-state index in [0.29, 0.717) is 16.5 Å². The maximum Gasteiger partial charge on any atom is 0.255 e. The summed E-state index contributed by atoms with van der Waals surface area (Å²) < 4.78 is 5.22. The van der Waals surface area contributed by atoms with E-state index in [4.69, 9.17) is 16.3 Å². The Bertz CT molecular complexity index is 1000. The zero-order chi connectivity index (χ0) is 19.0. The van der Waals surface area contributed by atoms with Crippen LogP contribution in [0.5, 0.6) is 5.75 Å². The quantitative estimate of drug-likeness (QED) is 0.653. The summed E-state index contributed by atoms with van der Waals surface area (Å²) in [5, 5.41) is 1.54. The van der Waals surface area contributed by atoms with Gasteiger partial charge in [-0.1, -0.05) is 23.7 Å². The molecule has 1 atom stereocenters. The van der Waals surface area contributed by atoms with Gasteiger partial charge in [0.1, 0.15) is 5.75 Å². The number of hydrogen-bond acceptors (Lipinski definition) is 3. The highest BCUT2D eigenvalue weighted by Crippen LogP contribution is 2.30. The molecule has 0 aliphatic carbocycles. The van der Waals surface area contributed by atoms with Crippen LogP contribution in [0.2, 0.25) is 5.02 Å². The normalized spacial score (nSPS) is 16.7. The number of carbonyl (C=O) groups is 1. The Morgan fingerprint density at radius 1 is 1.19 bits per heavy atom. The Kier molecular flexibility index (Phi) is 4.75. The molecule has 1 aliphatic heterocycles. The molecule has 1 amide bonds. The summed E-state index contributed by atoms with van der Waals surface area (Å²) in [5.41, 5.74) is 3.50. The van der Waals surface area contributed by atoms with Crippen LogP contribution in [-0.4, -0.2) is 36.0 Å². The largest absolute Gasteiger partial charge is 0.497 e. The predicted molar refractivity (Wildman–Crippen MR) is 108 cm³/mol. The third-order valence-electron chi connectivity index (χ3n) is 5.26. The summed E-state index contributed by atoms with van der Waals surface area (Å²) >= 11 is 6.09. The van der Waals surface area contributed by atoms with Crippen molar-refractivity contribution in [3.8, 4) is 5.75 Å². The molecule has 3 aromatic rings. The second kappa shape index (κ2) is 7.20. The highest BCUT2D eigenvalue weighted by molar-refractivity contribution is 6.31. The van der Waals surface area contributed by atoms with E-state index in [1.165, 1.54) is 5.56 Å². The molecule has 1 saturated heterocycles. The van der Waals surface area contributed by atoms with E-state index in [-0.39, 0.29) is 5.91 Å². The van der Waals surface area contributed by atoms with Crippen LogP contribution in [-0.2, 0) is 0 Å². The summed E-state index contributed by atoms with van der Waals surface area (Å²) in [6, 6.07) is 15.6. The molecule has 27 heavy (non-hydrogen) atoms. The van der Waals surface area contributed by atoms with Gasteiger partial charge in [0.25, 0.3) is 5.91 Å². The zero-order valence-electron chi connectivity index (χ0n) is 15.4. The minimum Gasteiger partial charge on any atom is -0.497 e. The van der Waals surface area contributed by atoms with Gasteiger partial charge in [0, 0.05) is 29.4 Å². The molecule has 4 rings (SSSR count). The molecule has 5 heteroatoms. The van der Waals surface area contributed by atoms with Gasteiger partial charge in [-0.3, -0.25) is 9.78 Å². The van der Waals surface area contributed by atoms with E-state index in [1.807, 2.05) is 48.2 Å². The molecular weight excluding hydrogens is 360 g/mol. The van der Waals surface area contributed by atoms with Crippen molar-refractivity contribution in [2.75, 3.05) is 20.2 Å². The lowest BCUT2D eigenvalue weighted by molar-refractivity contribution is 0.0790. The van der Waals surface area contributed by atoms with Crippen molar-refractivity contribution in [1.82, 2.24) is 9.88 Å². The van der Waals surface area contributed by atoms with Gasteiger partial charge in [-0.25, -0.2) is 0 Å². The van der Waals surface area contributed by atoms with Crippen LogP contribution in [0.1, 0.15) is 34.0 Å². The van der Waals surface area contributed by atoms with E-state index in [9.17, 15) is 4.79 Å². The maximum absolute atomic E-state index is 13.1. The fraction of sp³-hybridized carbons (Fsp3) is 0.273. The molecule has 0 N–H and O–H groups in total. The highest BCUT2D eigenvalue weighted by atomic mass is 35.5. The van der Waals surface area contributed by atoms with E-state index in [0.717, 1.165) is 41.9 Å². The molecule has 1 unspecified atom stereocenters. The third-order valence-corrected chi connectivity index (χ3v) is 5.50. The average Bonchev–Trinajstić information content (AvgIpc) is 3.17. The first-order valence-corrected chi connectivity index (χ1v) is 9.43. The van der Waals surface area contributed by atoms with Crippen LogP contribution in [0, 0.1) is 6.92 Å². The van der Waals surface area contributed by atoms with Gasteiger partial charge in [0.2, 0.25) is 0 Å². The Hall–Kier alpha value is -2.59. The molecule has 4 nitrogen and oxygen atoms in total. The van der Waals surface area contributed by atoms with Gasteiger partial charge in [0.05, 0.1) is 23.9 Å². The first-order valence-electron chi connectivity index (χ1n) is 9.05. The number of fused-ring (bicyclic) bond motifs is 1. The van der Waals surface area contributed by atoms with Crippen molar-refractivity contribution in [3.05, 3.63) is 70.4 Å². The van der Waals surface area contributed by atoms with Crippen molar-refractivity contribution in [1.29, 1.82) is 0 Å². The number of ether oxygens (including phenoxy) is 1. The smallest absolute Gasteiger partial charge is 0.255 e. The number of pyridine rings is 1. The summed E-state index contributed by atoms with van der Waals surface area (Å²) in [7, 11) is 1.66. The minimum atomic E-state index is 0.0397. The topological polar surface area (TPSA) is 42.4 Å². The number of halogens is 1. The van der Waals surface area contributed by atoms with Gasteiger partial charge in [-0.05, 0) is 55.3 Å². The molecule has 0 saturated carbocycles. The van der Waals surface area contributed by atoms with Crippen LogP contribution >= 0.6 is 11.6 Å². The molecule has 2 heterocycles. The summed E-state index contributed by atoms with van der Waals surface area (Å²) in [4.78, 5) is 19.6. The summed E-state index contributed by atoms with van der Waals surface area (Å²) in [6.07, 6.45) is 0.962. The van der Waals surface area contributed by atoms with Crippen LogP contribution < -0.4 is 4.74 Å². The highest BCUT2D eigenvalue weighted by Gasteiger charge is 2.29. The van der Waals surface area contributed by atoms with Crippen molar-refractivity contribution in [2.24, 2.45) is 0 Å². The minimum absolute atomic E-state index is 0.0397. The summed E-state index contributed by atoms with van der Waals surface area (Å²) in [6.45, 7) is 3.36. The van der Waals surface area contributed by atoms with Crippen LogP contribution in [0.25, 0.3) is 10.9 Å². The number of aromatic nitrogens is 1. The fourth-order valence-corrected chi connectivity index (χ4v) is 3.90. The molecule has 0 radical (unpaired) electrons. The first-order chi connectivity index (χ1) is 13.0. The molecule has 0 bridgehead atoms. The molecule has 1 aliphatic rings. The van der Waals surface area contributed by atoms with Crippen LogP contribution in [0.4, 0.5) is 0 Å². The van der Waals surface area contributed by atoms with Crippen molar-refractivity contribution >= 4 is 28.4 Å².